The molecule has 0 bridgehead atoms. The predicted molar refractivity (Wildman–Crippen MR) is 71.8 cm³/mol. The lowest BCUT2D eigenvalue weighted by Gasteiger charge is -2.36. The van der Waals surface area contributed by atoms with Crippen LogP contribution >= 0.6 is 11.6 Å². The molecular weight excluding hydrogens is 250 g/mol. The fourth-order valence-electron chi connectivity index (χ4n) is 2.02. The fourth-order valence-corrected chi connectivity index (χ4v) is 2.24. The molecule has 2 atom stereocenters. The second-order valence-corrected chi connectivity index (χ2v) is 4.90. The lowest BCUT2D eigenvalue weighted by atomic mass is 10.1. The molecule has 4 nitrogen and oxygen atoms in total. The van der Waals surface area contributed by atoms with E-state index in [1.165, 1.54) is 0 Å². The molecule has 1 aliphatic rings. The van der Waals surface area contributed by atoms with Crippen LogP contribution in [-0.4, -0.2) is 31.8 Å². The number of halogens is 1. The maximum Gasteiger partial charge on any atom is 0.101 e. The Kier molecular flexibility index (Phi) is 4.07. The van der Waals surface area contributed by atoms with Gasteiger partial charge in [-0.1, -0.05) is 11.6 Å². The average Bonchev–Trinajstić information content (AvgIpc) is 2.38. The summed E-state index contributed by atoms with van der Waals surface area (Å²) in [6, 6.07) is 7.54. The summed E-state index contributed by atoms with van der Waals surface area (Å²) in [5.41, 5.74) is 7.37. The molecule has 18 heavy (non-hydrogen) atoms. The van der Waals surface area contributed by atoms with Crippen molar-refractivity contribution in [2.45, 2.75) is 19.1 Å². The molecule has 0 radical (unpaired) electrons. The van der Waals surface area contributed by atoms with Crippen LogP contribution in [0.5, 0.6) is 0 Å². The van der Waals surface area contributed by atoms with E-state index in [2.05, 4.69) is 11.0 Å². The van der Waals surface area contributed by atoms with Crippen molar-refractivity contribution in [1.29, 1.82) is 5.26 Å². The zero-order valence-corrected chi connectivity index (χ0v) is 11.0. The van der Waals surface area contributed by atoms with Gasteiger partial charge in [-0.25, -0.2) is 0 Å². The van der Waals surface area contributed by atoms with Crippen molar-refractivity contribution < 1.29 is 4.74 Å². The minimum atomic E-state index is 0.00153. The molecule has 1 aliphatic heterocycles. The van der Waals surface area contributed by atoms with Crippen LogP contribution < -0.4 is 10.6 Å². The van der Waals surface area contributed by atoms with Gasteiger partial charge in [-0.2, -0.15) is 5.26 Å². The standard InChI is InChI=1S/C13H16ClN3O/c1-9(16)13-8-17(4-5-18-13)11-3-2-10(7-15)12(14)6-11/h2-3,6,9,13H,4-5,8,16H2,1H3. The molecule has 0 saturated carbocycles. The summed E-state index contributed by atoms with van der Waals surface area (Å²) >= 11 is 6.04. The molecule has 1 aromatic carbocycles. The number of morpholine rings is 1. The van der Waals surface area contributed by atoms with E-state index in [0.717, 1.165) is 18.8 Å². The van der Waals surface area contributed by atoms with Gasteiger partial charge < -0.3 is 15.4 Å². The largest absolute Gasteiger partial charge is 0.373 e. The van der Waals surface area contributed by atoms with Gasteiger partial charge >= 0.3 is 0 Å². The van der Waals surface area contributed by atoms with Gasteiger partial charge in [0.2, 0.25) is 0 Å². The first kappa shape index (κ1) is 13.2. The minimum absolute atomic E-state index is 0.00153. The molecule has 0 amide bonds. The second-order valence-electron chi connectivity index (χ2n) is 4.49. The predicted octanol–water partition coefficient (Wildman–Crippen LogP) is 1.76. The molecule has 1 fully saturated rings. The summed E-state index contributed by atoms with van der Waals surface area (Å²) < 4.78 is 5.61. The number of rotatable bonds is 2. The number of nitrogens with two attached hydrogens (primary N) is 1. The normalized spacial score (nSPS) is 21.4. The van der Waals surface area contributed by atoms with Gasteiger partial charge in [-0.3, -0.25) is 0 Å². The first-order valence-electron chi connectivity index (χ1n) is 5.93. The monoisotopic (exact) mass is 265 g/mol. The number of ether oxygens (including phenoxy) is 1. The van der Waals surface area contributed by atoms with Gasteiger partial charge in [-0.05, 0) is 25.1 Å². The molecule has 1 aromatic rings. The number of anilines is 1. The van der Waals surface area contributed by atoms with Crippen molar-refractivity contribution in [3.05, 3.63) is 28.8 Å². The summed E-state index contributed by atoms with van der Waals surface area (Å²) in [6.07, 6.45) is 0.0353. The Morgan fingerprint density at radius 2 is 2.39 bits per heavy atom. The van der Waals surface area contributed by atoms with Gasteiger partial charge in [0.15, 0.2) is 0 Å². The number of nitrogens with zero attached hydrogens (tertiary/aromatic N) is 2. The van der Waals surface area contributed by atoms with Crippen molar-refractivity contribution in [3.8, 4) is 6.07 Å². The van der Waals surface area contributed by atoms with Crippen LogP contribution in [0, 0.1) is 11.3 Å². The SMILES string of the molecule is CC(N)C1CN(c2ccc(C#N)c(Cl)c2)CCO1. The molecule has 1 saturated heterocycles. The molecule has 0 aromatic heterocycles. The van der Waals surface area contributed by atoms with Crippen LogP contribution in [0.4, 0.5) is 5.69 Å². The van der Waals surface area contributed by atoms with Crippen LogP contribution in [-0.2, 0) is 4.74 Å². The summed E-state index contributed by atoms with van der Waals surface area (Å²) in [7, 11) is 0. The highest BCUT2D eigenvalue weighted by molar-refractivity contribution is 6.32. The Morgan fingerprint density at radius 1 is 1.61 bits per heavy atom. The van der Waals surface area contributed by atoms with Crippen LogP contribution in [0.25, 0.3) is 0 Å². The van der Waals surface area contributed by atoms with E-state index in [0.29, 0.717) is 17.2 Å². The van der Waals surface area contributed by atoms with E-state index in [4.69, 9.17) is 27.3 Å². The Labute approximate surface area is 112 Å². The van der Waals surface area contributed by atoms with E-state index >= 15 is 0 Å². The Bertz CT molecular complexity index is 470. The highest BCUT2D eigenvalue weighted by Gasteiger charge is 2.23. The van der Waals surface area contributed by atoms with Gasteiger partial charge in [0, 0.05) is 24.8 Å². The van der Waals surface area contributed by atoms with Crippen molar-refractivity contribution in [2.24, 2.45) is 5.73 Å². The highest BCUT2D eigenvalue weighted by atomic mass is 35.5. The summed E-state index contributed by atoms with van der Waals surface area (Å²) in [5, 5.41) is 9.33. The topological polar surface area (TPSA) is 62.3 Å². The van der Waals surface area contributed by atoms with Crippen LogP contribution in [0.1, 0.15) is 12.5 Å². The average molecular weight is 266 g/mol. The smallest absolute Gasteiger partial charge is 0.101 e. The molecule has 2 rings (SSSR count). The van der Waals surface area contributed by atoms with Crippen molar-refractivity contribution in [3.63, 3.8) is 0 Å². The third-order valence-corrected chi connectivity index (χ3v) is 3.43. The Hall–Kier alpha value is -1.28. The molecule has 0 aliphatic carbocycles. The van der Waals surface area contributed by atoms with Gasteiger partial charge in [-0.15, -0.1) is 0 Å². The number of benzene rings is 1. The fraction of sp³-hybridized carbons (Fsp3) is 0.462. The Balaban J connectivity index is 2.16. The molecule has 96 valence electrons. The van der Waals surface area contributed by atoms with Crippen molar-refractivity contribution in [2.75, 3.05) is 24.6 Å². The third-order valence-electron chi connectivity index (χ3n) is 3.12. The number of hydrogen-bond donors (Lipinski definition) is 1. The lowest BCUT2D eigenvalue weighted by Crippen LogP contribution is -2.49. The van der Waals surface area contributed by atoms with Crippen LogP contribution in [0.2, 0.25) is 5.02 Å². The van der Waals surface area contributed by atoms with E-state index in [-0.39, 0.29) is 12.1 Å². The summed E-state index contributed by atoms with van der Waals surface area (Å²) in [5.74, 6) is 0. The van der Waals surface area contributed by atoms with Gasteiger partial charge in [0.1, 0.15) is 6.07 Å². The van der Waals surface area contributed by atoms with Crippen LogP contribution in [0.3, 0.4) is 0 Å². The first-order chi connectivity index (χ1) is 8.61. The Morgan fingerprint density at radius 3 is 3.00 bits per heavy atom. The first-order valence-corrected chi connectivity index (χ1v) is 6.31. The second kappa shape index (κ2) is 5.57. The molecule has 2 unspecified atom stereocenters. The highest BCUT2D eigenvalue weighted by Crippen LogP contribution is 2.25. The maximum atomic E-state index is 8.85. The van der Waals surface area contributed by atoms with E-state index in [1.54, 1.807) is 6.07 Å². The van der Waals surface area contributed by atoms with Crippen molar-refractivity contribution in [1.82, 2.24) is 0 Å². The van der Waals surface area contributed by atoms with E-state index < -0.39 is 0 Å². The van der Waals surface area contributed by atoms with E-state index in [9.17, 15) is 0 Å². The molecule has 1 heterocycles. The van der Waals surface area contributed by atoms with Crippen molar-refractivity contribution >= 4 is 17.3 Å². The van der Waals surface area contributed by atoms with Gasteiger partial charge in [0.05, 0.1) is 23.3 Å². The number of hydrogen-bond acceptors (Lipinski definition) is 4. The summed E-state index contributed by atoms with van der Waals surface area (Å²) in [6.45, 7) is 4.16. The van der Waals surface area contributed by atoms with Gasteiger partial charge in [0.25, 0.3) is 0 Å². The minimum Gasteiger partial charge on any atom is -0.373 e. The molecule has 0 spiro atoms. The zero-order chi connectivity index (χ0) is 13.1. The lowest BCUT2D eigenvalue weighted by molar-refractivity contribution is 0.0276. The third kappa shape index (κ3) is 2.75. The van der Waals surface area contributed by atoms with Crippen LogP contribution in [0.15, 0.2) is 18.2 Å². The molecule has 2 N–H and O–H groups in total. The molecule has 5 heteroatoms. The van der Waals surface area contributed by atoms with E-state index in [1.807, 2.05) is 19.1 Å². The molecular formula is C13H16ClN3O. The summed E-state index contributed by atoms with van der Waals surface area (Å²) in [4.78, 5) is 2.19. The quantitative estimate of drug-likeness (QED) is 0.885. The number of nitriles is 1. The maximum absolute atomic E-state index is 8.85. The zero-order valence-electron chi connectivity index (χ0n) is 10.3.